The molecule has 1 aliphatic heterocycles. The summed E-state index contributed by atoms with van der Waals surface area (Å²) in [4.78, 5) is 12.9. The van der Waals surface area contributed by atoms with Crippen molar-refractivity contribution in [3.05, 3.63) is 70.2 Å². The van der Waals surface area contributed by atoms with E-state index < -0.39 is 29.9 Å². The van der Waals surface area contributed by atoms with Crippen molar-refractivity contribution >= 4 is 23.2 Å². The second kappa shape index (κ2) is 8.78. The first kappa shape index (κ1) is 22.3. The van der Waals surface area contributed by atoms with Crippen LogP contribution in [0.25, 0.3) is 0 Å². The highest BCUT2D eigenvalue weighted by Gasteiger charge is 2.53. The first-order valence-electron chi connectivity index (χ1n) is 9.71. The maximum atomic E-state index is 13.4. The van der Waals surface area contributed by atoms with Crippen molar-refractivity contribution in [2.45, 2.75) is 50.9 Å². The van der Waals surface area contributed by atoms with Gasteiger partial charge in [-0.3, -0.25) is 4.79 Å². The topological polar surface area (TPSA) is 52.9 Å². The average molecular weight is 439 g/mol. The number of aryl methyl sites for hydroxylation is 1. The largest absolute Gasteiger partial charge is 0.431 e. The predicted octanol–water partition coefficient (Wildman–Crippen LogP) is 5.68. The maximum absolute atomic E-state index is 13.4. The quantitative estimate of drug-likeness (QED) is 0.590. The lowest BCUT2D eigenvalue weighted by Crippen LogP contribution is -2.43. The maximum Gasteiger partial charge on any atom is 0.431 e. The second-order valence-electron chi connectivity index (χ2n) is 7.32. The molecule has 160 valence electrons. The van der Waals surface area contributed by atoms with E-state index in [1.165, 1.54) is 24.3 Å². The molecule has 0 radical (unpaired) electrons. The molecule has 0 spiro atoms. The summed E-state index contributed by atoms with van der Waals surface area (Å²) in [7, 11) is 0. The molecule has 0 saturated carbocycles. The molecule has 2 aromatic carbocycles. The van der Waals surface area contributed by atoms with E-state index in [9.17, 15) is 23.1 Å². The number of hydrazone groups is 1. The SMILES string of the molecule is CCCCCc1ccc([C@]2(O)CC(C(F)(F)F)=NN2C(=O)c2ccc(Cl)cc2)cc1. The van der Waals surface area contributed by atoms with Gasteiger partial charge in [-0.05, 0) is 42.7 Å². The molecule has 3 rings (SSSR count). The monoisotopic (exact) mass is 438 g/mol. The van der Waals surface area contributed by atoms with Gasteiger partial charge in [0.05, 0.1) is 6.42 Å². The van der Waals surface area contributed by atoms with E-state index in [2.05, 4.69) is 12.0 Å². The van der Waals surface area contributed by atoms with Crippen LogP contribution in [0.2, 0.25) is 5.02 Å². The number of carbonyl (C=O) groups excluding carboxylic acids is 1. The molecule has 30 heavy (non-hydrogen) atoms. The fourth-order valence-electron chi connectivity index (χ4n) is 3.37. The molecule has 4 nitrogen and oxygen atoms in total. The second-order valence-corrected chi connectivity index (χ2v) is 7.75. The molecule has 1 heterocycles. The summed E-state index contributed by atoms with van der Waals surface area (Å²) in [5.41, 5.74) is -2.18. The number of rotatable bonds is 6. The van der Waals surface area contributed by atoms with Gasteiger partial charge in [0.1, 0.15) is 5.71 Å². The molecule has 0 saturated heterocycles. The lowest BCUT2D eigenvalue weighted by atomic mass is 9.94. The summed E-state index contributed by atoms with van der Waals surface area (Å²) >= 11 is 5.82. The summed E-state index contributed by atoms with van der Waals surface area (Å²) in [5.74, 6) is -0.847. The van der Waals surface area contributed by atoms with Crippen LogP contribution in [0, 0.1) is 0 Å². The van der Waals surface area contributed by atoms with Crippen LogP contribution in [-0.2, 0) is 12.1 Å². The molecule has 1 amide bonds. The van der Waals surface area contributed by atoms with Crippen molar-refractivity contribution in [3.63, 3.8) is 0 Å². The van der Waals surface area contributed by atoms with Crippen molar-refractivity contribution < 1.29 is 23.1 Å². The van der Waals surface area contributed by atoms with Gasteiger partial charge in [0.25, 0.3) is 5.91 Å². The van der Waals surface area contributed by atoms with Gasteiger partial charge < -0.3 is 5.11 Å². The zero-order valence-corrected chi connectivity index (χ0v) is 17.2. The van der Waals surface area contributed by atoms with Crippen LogP contribution >= 0.6 is 11.6 Å². The van der Waals surface area contributed by atoms with E-state index in [4.69, 9.17) is 11.6 Å². The van der Waals surface area contributed by atoms with Gasteiger partial charge in [0.15, 0.2) is 5.72 Å². The zero-order chi connectivity index (χ0) is 21.9. The number of aliphatic hydroxyl groups is 1. The summed E-state index contributed by atoms with van der Waals surface area (Å²) in [5, 5.41) is 15.6. The summed E-state index contributed by atoms with van der Waals surface area (Å²) in [6.45, 7) is 2.10. The van der Waals surface area contributed by atoms with E-state index in [0.29, 0.717) is 10.0 Å². The van der Waals surface area contributed by atoms with Crippen molar-refractivity contribution in [3.8, 4) is 0 Å². The van der Waals surface area contributed by atoms with Crippen LogP contribution in [0.4, 0.5) is 13.2 Å². The minimum absolute atomic E-state index is 0.0705. The van der Waals surface area contributed by atoms with Gasteiger partial charge in [-0.2, -0.15) is 23.3 Å². The number of unbranched alkanes of at least 4 members (excludes halogenated alkanes) is 2. The van der Waals surface area contributed by atoms with Crippen molar-refractivity contribution in [1.29, 1.82) is 0 Å². The summed E-state index contributed by atoms with van der Waals surface area (Å²) < 4.78 is 40.1. The van der Waals surface area contributed by atoms with Gasteiger partial charge in [-0.15, -0.1) is 0 Å². The Bertz CT molecular complexity index is 927. The van der Waals surface area contributed by atoms with Gasteiger partial charge >= 0.3 is 6.18 Å². The molecular weight excluding hydrogens is 417 g/mol. The molecule has 0 fully saturated rings. The zero-order valence-electron chi connectivity index (χ0n) is 16.4. The number of nitrogens with zero attached hydrogens (tertiary/aromatic N) is 2. The van der Waals surface area contributed by atoms with E-state index in [0.717, 1.165) is 31.2 Å². The number of alkyl halides is 3. The van der Waals surface area contributed by atoms with E-state index in [1.807, 2.05) is 0 Å². The fourth-order valence-corrected chi connectivity index (χ4v) is 3.50. The van der Waals surface area contributed by atoms with Gasteiger partial charge in [-0.1, -0.05) is 55.6 Å². The number of benzene rings is 2. The lowest BCUT2D eigenvalue weighted by Gasteiger charge is -2.31. The summed E-state index contributed by atoms with van der Waals surface area (Å²) in [6.07, 6.45) is -1.60. The van der Waals surface area contributed by atoms with Gasteiger partial charge in [0, 0.05) is 16.1 Å². The molecule has 1 atom stereocenters. The number of carbonyl (C=O) groups is 1. The fraction of sp³-hybridized carbons (Fsp3) is 0.364. The Labute approximate surface area is 178 Å². The summed E-state index contributed by atoms with van der Waals surface area (Å²) in [6, 6.07) is 12.3. The van der Waals surface area contributed by atoms with Crippen molar-refractivity contribution in [2.24, 2.45) is 5.10 Å². The Balaban J connectivity index is 1.93. The third-order valence-electron chi connectivity index (χ3n) is 5.08. The first-order valence-corrected chi connectivity index (χ1v) is 10.1. The van der Waals surface area contributed by atoms with E-state index in [-0.39, 0.29) is 11.1 Å². The van der Waals surface area contributed by atoms with Crippen molar-refractivity contribution in [2.75, 3.05) is 0 Å². The molecule has 0 aliphatic carbocycles. The average Bonchev–Trinajstić information content (AvgIpc) is 3.08. The third kappa shape index (κ3) is 4.68. The third-order valence-corrected chi connectivity index (χ3v) is 5.33. The molecule has 0 bridgehead atoms. The first-order chi connectivity index (χ1) is 14.1. The van der Waals surface area contributed by atoms with Crippen LogP contribution < -0.4 is 0 Å². The number of halogens is 4. The lowest BCUT2D eigenvalue weighted by molar-refractivity contribution is -0.0816. The molecule has 8 heteroatoms. The van der Waals surface area contributed by atoms with Crippen LogP contribution in [-0.4, -0.2) is 27.9 Å². The van der Waals surface area contributed by atoms with Gasteiger partial charge in [0.2, 0.25) is 0 Å². The number of hydrogen-bond donors (Lipinski definition) is 1. The number of amides is 1. The minimum atomic E-state index is -4.76. The highest BCUT2D eigenvalue weighted by Crippen LogP contribution is 2.40. The molecule has 0 aromatic heterocycles. The molecule has 1 N–H and O–H groups in total. The minimum Gasteiger partial charge on any atom is -0.365 e. The molecule has 2 aromatic rings. The van der Waals surface area contributed by atoms with Crippen LogP contribution in [0.3, 0.4) is 0 Å². The van der Waals surface area contributed by atoms with Crippen molar-refractivity contribution in [1.82, 2.24) is 5.01 Å². The highest BCUT2D eigenvalue weighted by atomic mass is 35.5. The van der Waals surface area contributed by atoms with E-state index in [1.54, 1.807) is 24.3 Å². The smallest absolute Gasteiger partial charge is 0.365 e. The Morgan fingerprint density at radius 3 is 2.33 bits per heavy atom. The standard InChI is InChI=1S/C22H22ClF3N2O2/c1-2-3-4-5-15-6-10-17(11-7-15)21(30)14-19(22(24,25)26)27-28(21)20(29)16-8-12-18(23)13-9-16/h6-13,30H,2-5,14H2,1H3/t21-/m1/s1. The molecular formula is C22H22ClF3N2O2. The highest BCUT2D eigenvalue weighted by molar-refractivity contribution is 6.30. The normalized spacial score (nSPS) is 19.1. The van der Waals surface area contributed by atoms with Crippen LogP contribution in [0.15, 0.2) is 53.6 Å². The Kier molecular flexibility index (Phi) is 6.53. The molecule has 1 aliphatic rings. The van der Waals surface area contributed by atoms with Crippen LogP contribution in [0.1, 0.15) is 54.1 Å². The Morgan fingerprint density at radius 1 is 1.13 bits per heavy atom. The number of hydrogen-bond acceptors (Lipinski definition) is 3. The Morgan fingerprint density at radius 2 is 1.77 bits per heavy atom. The van der Waals surface area contributed by atoms with Gasteiger partial charge in [-0.25, -0.2) is 0 Å². The molecule has 0 unspecified atom stereocenters. The van der Waals surface area contributed by atoms with Crippen LogP contribution in [0.5, 0.6) is 0 Å². The predicted molar refractivity (Wildman–Crippen MR) is 109 cm³/mol. The van der Waals surface area contributed by atoms with E-state index >= 15 is 0 Å². The Hall–Kier alpha value is -2.38.